The maximum absolute atomic E-state index is 13.6. The predicted molar refractivity (Wildman–Crippen MR) is 95.8 cm³/mol. The molecule has 1 heterocycles. The molecule has 5 nitrogen and oxygen atoms in total. The Morgan fingerprint density at radius 3 is 2.96 bits per heavy atom. The quantitative estimate of drug-likeness (QED) is 0.607. The van der Waals surface area contributed by atoms with Crippen molar-refractivity contribution in [2.45, 2.75) is 44.8 Å². The average Bonchev–Trinajstić information content (AvgIpc) is 3.01. The molecule has 7 heteroatoms. The minimum atomic E-state index is -0.268. The zero-order chi connectivity index (χ0) is 16.8. The highest BCUT2D eigenvalue weighted by Crippen LogP contribution is 2.22. The first-order valence-electron chi connectivity index (χ1n) is 8.11. The van der Waals surface area contributed by atoms with E-state index in [0.29, 0.717) is 17.6 Å². The van der Waals surface area contributed by atoms with Gasteiger partial charge in [-0.15, -0.1) is 11.3 Å². The molecule has 0 bridgehead atoms. The number of hydrogen-bond donors (Lipinski definition) is 2. The number of benzene rings is 1. The van der Waals surface area contributed by atoms with Crippen molar-refractivity contribution in [2.24, 2.45) is 5.10 Å². The summed E-state index contributed by atoms with van der Waals surface area (Å²) < 4.78 is 19.5. The number of thiazole rings is 1. The van der Waals surface area contributed by atoms with Gasteiger partial charge in [-0.3, -0.25) is 5.43 Å². The summed E-state index contributed by atoms with van der Waals surface area (Å²) in [5, 5.41) is 6.50. The van der Waals surface area contributed by atoms with Crippen LogP contribution in [0.5, 0.6) is 0 Å². The molecule has 0 atom stereocenters. The van der Waals surface area contributed by atoms with Crippen LogP contribution in [0.25, 0.3) is 0 Å². The van der Waals surface area contributed by atoms with Gasteiger partial charge in [-0.1, -0.05) is 25.3 Å². The van der Waals surface area contributed by atoms with Gasteiger partial charge in [0.25, 0.3) is 0 Å². The molecule has 0 spiro atoms. The van der Waals surface area contributed by atoms with E-state index in [-0.39, 0.29) is 11.9 Å². The lowest BCUT2D eigenvalue weighted by molar-refractivity contribution is 0.0167. The molecular formula is C17H21FN4OS. The van der Waals surface area contributed by atoms with Crippen molar-refractivity contribution in [3.05, 3.63) is 40.5 Å². The summed E-state index contributed by atoms with van der Waals surface area (Å²) in [6.45, 7) is 0.397. The summed E-state index contributed by atoms with van der Waals surface area (Å²) in [7, 11) is 0. The van der Waals surface area contributed by atoms with Crippen LogP contribution in [0.1, 0.15) is 43.2 Å². The van der Waals surface area contributed by atoms with Crippen molar-refractivity contribution in [1.29, 1.82) is 0 Å². The second-order valence-electron chi connectivity index (χ2n) is 5.86. The number of nitrogen functional groups attached to an aromatic ring is 1. The van der Waals surface area contributed by atoms with Gasteiger partial charge in [0.05, 0.1) is 18.9 Å². The number of anilines is 2. The molecule has 1 fully saturated rings. The average molecular weight is 348 g/mol. The number of hydrogen-bond acceptors (Lipinski definition) is 6. The number of halogens is 1. The first-order chi connectivity index (χ1) is 11.7. The summed E-state index contributed by atoms with van der Waals surface area (Å²) in [5.74, 6) is 0.191. The van der Waals surface area contributed by atoms with Crippen molar-refractivity contribution in [3.63, 3.8) is 0 Å². The minimum absolute atomic E-state index is 0.268. The molecule has 1 saturated carbocycles. The van der Waals surface area contributed by atoms with E-state index < -0.39 is 0 Å². The van der Waals surface area contributed by atoms with Crippen molar-refractivity contribution in [1.82, 2.24) is 4.98 Å². The van der Waals surface area contributed by atoms with Crippen LogP contribution in [0.2, 0.25) is 0 Å². The zero-order valence-electron chi connectivity index (χ0n) is 13.4. The third-order valence-corrected chi connectivity index (χ3v) is 4.78. The molecular weight excluding hydrogens is 327 g/mol. The zero-order valence-corrected chi connectivity index (χ0v) is 14.2. The van der Waals surface area contributed by atoms with E-state index in [1.54, 1.807) is 17.7 Å². The molecule has 1 aliphatic rings. The van der Waals surface area contributed by atoms with Crippen LogP contribution in [0, 0.1) is 5.82 Å². The van der Waals surface area contributed by atoms with E-state index in [9.17, 15) is 4.39 Å². The lowest BCUT2D eigenvalue weighted by Crippen LogP contribution is -2.16. The molecule has 1 aromatic carbocycles. The SMILES string of the molecule is Nc1csc(NN=Cc2ccc(F)cc2COC2CCCCC2)n1. The molecule has 1 aromatic heterocycles. The lowest BCUT2D eigenvalue weighted by Gasteiger charge is -2.22. The maximum atomic E-state index is 13.6. The van der Waals surface area contributed by atoms with Gasteiger partial charge >= 0.3 is 0 Å². The Hall–Kier alpha value is -1.99. The molecule has 24 heavy (non-hydrogen) atoms. The molecule has 0 unspecified atom stereocenters. The normalized spacial score (nSPS) is 15.9. The standard InChI is InChI=1S/C17H21FN4OS/c18-14-7-6-12(9-20-22-17-21-16(19)11-24-17)13(8-14)10-23-15-4-2-1-3-5-15/h6-9,11,15H,1-5,10,19H2,(H,21,22). The molecule has 3 N–H and O–H groups in total. The number of ether oxygens (including phenoxy) is 1. The van der Waals surface area contributed by atoms with Gasteiger partial charge in [-0.25, -0.2) is 9.37 Å². The van der Waals surface area contributed by atoms with E-state index in [0.717, 1.165) is 24.0 Å². The fourth-order valence-corrected chi connectivity index (χ4v) is 3.31. The van der Waals surface area contributed by atoms with E-state index in [1.165, 1.54) is 42.7 Å². The number of hydrazone groups is 1. The maximum Gasteiger partial charge on any atom is 0.205 e. The van der Waals surface area contributed by atoms with Crippen LogP contribution in [0.4, 0.5) is 15.3 Å². The summed E-state index contributed by atoms with van der Waals surface area (Å²) in [6, 6.07) is 4.63. The smallest absolute Gasteiger partial charge is 0.205 e. The Bertz CT molecular complexity index is 698. The van der Waals surface area contributed by atoms with Gasteiger partial charge in [-0.2, -0.15) is 5.10 Å². The third kappa shape index (κ3) is 4.75. The molecule has 1 aliphatic carbocycles. The summed E-state index contributed by atoms with van der Waals surface area (Å²) in [6.07, 6.45) is 7.81. The Balaban J connectivity index is 1.63. The first-order valence-corrected chi connectivity index (χ1v) is 8.99. The fraction of sp³-hybridized carbons (Fsp3) is 0.412. The second kappa shape index (κ2) is 8.21. The van der Waals surface area contributed by atoms with Crippen molar-refractivity contribution in [2.75, 3.05) is 11.2 Å². The Morgan fingerprint density at radius 1 is 1.38 bits per heavy atom. The van der Waals surface area contributed by atoms with Crippen LogP contribution in [0.3, 0.4) is 0 Å². The number of aromatic nitrogens is 1. The van der Waals surface area contributed by atoms with Gasteiger partial charge in [0, 0.05) is 10.9 Å². The van der Waals surface area contributed by atoms with Crippen LogP contribution >= 0.6 is 11.3 Å². The Labute approximate surface area is 144 Å². The van der Waals surface area contributed by atoms with Crippen LogP contribution in [-0.2, 0) is 11.3 Å². The number of rotatable bonds is 6. The van der Waals surface area contributed by atoms with E-state index in [2.05, 4.69) is 15.5 Å². The second-order valence-corrected chi connectivity index (χ2v) is 6.72. The van der Waals surface area contributed by atoms with Crippen LogP contribution < -0.4 is 11.2 Å². The molecule has 128 valence electrons. The van der Waals surface area contributed by atoms with Crippen LogP contribution in [-0.4, -0.2) is 17.3 Å². The first kappa shape index (κ1) is 16.9. The Kier molecular flexibility index (Phi) is 5.77. The van der Waals surface area contributed by atoms with Crippen molar-refractivity contribution < 1.29 is 9.13 Å². The molecule has 0 amide bonds. The van der Waals surface area contributed by atoms with Crippen LogP contribution in [0.15, 0.2) is 28.7 Å². The highest BCUT2D eigenvalue weighted by molar-refractivity contribution is 7.14. The largest absolute Gasteiger partial charge is 0.383 e. The van der Waals surface area contributed by atoms with Gasteiger partial charge in [0.2, 0.25) is 5.13 Å². The third-order valence-electron chi connectivity index (χ3n) is 4.02. The topological polar surface area (TPSA) is 72.5 Å². The monoisotopic (exact) mass is 348 g/mol. The van der Waals surface area contributed by atoms with Gasteiger partial charge in [-0.05, 0) is 30.5 Å². The molecule has 0 aliphatic heterocycles. The van der Waals surface area contributed by atoms with Gasteiger partial charge in [0.1, 0.15) is 11.6 Å². The molecule has 0 saturated heterocycles. The highest BCUT2D eigenvalue weighted by Gasteiger charge is 2.14. The molecule has 0 radical (unpaired) electrons. The predicted octanol–water partition coefficient (Wildman–Crippen LogP) is 4.16. The fourth-order valence-electron chi connectivity index (χ4n) is 2.76. The number of nitrogens with zero attached hydrogens (tertiary/aromatic N) is 2. The Morgan fingerprint density at radius 2 is 2.21 bits per heavy atom. The molecule has 2 aromatic rings. The number of nitrogens with one attached hydrogen (secondary N) is 1. The van der Waals surface area contributed by atoms with Gasteiger partial charge in [0.15, 0.2) is 0 Å². The van der Waals surface area contributed by atoms with E-state index in [4.69, 9.17) is 10.5 Å². The summed E-state index contributed by atoms with van der Waals surface area (Å²) >= 11 is 1.37. The molecule has 3 rings (SSSR count). The summed E-state index contributed by atoms with van der Waals surface area (Å²) in [4.78, 5) is 4.06. The van der Waals surface area contributed by atoms with E-state index in [1.807, 2.05) is 0 Å². The lowest BCUT2D eigenvalue weighted by atomic mass is 9.98. The van der Waals surface area contributed by atoms with Gasteiger partial charge < -0.3 is 10.5 Å². The highest BCUT2D eigenvalue weighted by atomic mass is 32.1. The van der Waals surface area contributed by atoms with E-state index >= 15 is 0 Å². The van der Waals surface area contributed by atoms with Crippen molar-refractivity contribution in [3.8, 4) is 0 Å². The number of nitrogens with two attached hydrogens (primary N) is 1. The van der Waals surface area contributed by atoms with Crippen molar-refractivity contribution >= 4 is 28.5 Å². The minimum Gasteiger partial charge on any atom is -0.383 e. The summed E-state index contributed by atoms with van der Waals surface area (Å²) in [5.41, 5.74) is 10.0.